The van der Waals surface area contributed by atoms with Gasteiger partial charge in [0.1, 0.15) is 11.6 Å². The molecule has 0 bridgehead atoms. The molecule has 2 fully saturated rings. The zero-order chi connectivity index (χ0) is 32.1. The van der Waals surface area contributed by atoms with Gasteiger partial charge in [-0.2, -0.15) is 4.98 Å². The van der Waals surface area contributed by atoms with Gasteiger partial charge in [0.05, 0.1) is 10.4 Å². The first-order chi connectivity index (χ1) is 22.1. The summed E-state index contributed by atoms with van der Waals surface area (Å²) in [7, 11) is -3.85. The molecule has 3 aromatic carbocycles. The van der Waals surface area contributed by atoms with Crippen LogP contribution in [0.25, 0.3) is 10.9 Å². The monoisotopic (exact) mass is 654 g/mol. The van der Waals surface area contributed by atoms with Crippen LogP contribution in [0, 0.1) is 11.8 Å². The SMILES string of the molecule is O=S(=O)(NC[C@H]1CC[C@H](CNc2nc(N3CCN(c4ccccc4)CC3)c3ccccc3n2)CC1)c1ccc(OC(F)(F)F)cc1. The van der Waals surface area contributed by atoms with E-state index in [1.165, 1.54) is 5.69 Å². The van der Waals surface area contributed by atoms with Crippen molar-refractivity contribution < 1.29 is 26.3 Å². The number of piperazine rings is 1. The fraction of sp³-hybridized carbons (Fsp3) is 0.394. The molecule has 0 unspecified atom stereocenters. The van der Waals surface area contributed by atoms with Crippen LogP contribution in [0.2, 0.25) is 0 Å². The highest BCUT2D eigenvalue weighted by Gasteiger charge is 2.31. The molecule has 0 atom stereocenters. The van der Waals surface area contributed by atoms with E-state index in [1.807, 2.05) is 24.3 Å². The van der Waals surface area contributed by atoms with Crippen molar-refractivity contribution in [3.8, 4) is 5.75 Å². The smallest absolute Gasteiger partial charge is 0.406 e. The number of nitrogens with one attached hydrogen (secondary N) is 2. The summed E-state index contributed by atoms with van der Waals surface area (Å²) in [4.78, 5) is 14.4. The highest BCUT2D eigenvalue weighted by atomic mass is 32.2. The number of anilines is 3. The van der Waals surface area contributed by atoms with Gasteiger partial charge in [0.25, 0.3) is 0 Å². The number of benzene rings is 3. The van der Waals surface area contributed by atoms with Gasteiger partial charge < -0.3 is 19.9 Å². The van der Waals surface area contributed by atoms with Gasteiger partial charge in [-0.1, -0.05) is 30.3 Å². The molecule has 1 aliphatic heterocycles. The minimum Gasteiger partial charge on any atom is -0.406 e. The van der Waals surface area contributed by atoms with Crippen LogP contribution in [0.5, 0.6) is 5.75 Å². The van der Waals surface area contributed by atoms with E-state index >= 15 is 0 Å². The summed E-state index contributed by atoms with van der Waals surface area (Å²) < 4.78 is 69.0. The summed E-state index contributed by atoms with van der Waals surface area (Å²) in [5.74, 6) is 1.67. The van der Waals surface area contributed by atoms with E-state index in [-0.39, 0.29) is 17.4 Å². The molecule has 0 spiro atoms. The number of sulfonamides is 1. The Morgan fingerprint density at radius 1 is 0.761 bits per heavy atom. The summed E-state index contributed by atoms with van der Waals surface area (Å²) in [5.41, 5.74) is 2.14. The molecule has 4 aromatic rings. The maximum Gasteiger partial charge on any atom is 0.573 e. The Hall–Kier alpha value is -4.10. The van der Waals surface area contributed by atoms with E-state index in [4.69, 9.17) is 9.97 Å². The number of hydrogen-bond acceptors (Lipinski definition) is 8. The molecule has 1 saturated carbocycles. The minimum absolute atomic E-state index is 0.104. The van der Waals surface area contributed by atoms with E-state index in [1.54, 1.807) is 0 Å². The molecule has 6 rings (SSSR count). The number of para-hydroxylation sites is 2. The summed E-state index contributed by atoms with van der Waals surface area (Å²) >= 11 is 0. The van der Waals surface area contributed by atoms with Crippen LogP contribution in [0.4, 0.5) is 30.6 Å². The van der Waals surface area contributed by atoms with E-state index in [0.717, 1.165) is 99.4 Å². The molecule has 1 aromatic heterocycles. The Morgan fingerprint density at radius 2 is 1.37 bits per heavy atom. The second-order valence-corrected chi connectivity index (χ2v) is 13.6. The number of fused-ring (bicyclic) bond motifs is 1. The van der Waals surface area contributed by atoms with Gasteiger partial charge in [0.2, 0.25) is 16.0 Å². The fourth-order valence-corrected chi connectivity index (χ4v) is 7.32. The predicted molar refractivity (Wildman–Crippen MR) is 173 cm³/mol. The molecule has 0 radical (unpaired) electrons. The average Bonchev–Trinajstić information content (AvgIpc) is 3.06. The average molecular weight is 655 g/mol. The quantitative estimate of drug-likeness (QED) is 0.213. The lowest BCUT2D eigenvalue weighted by molar-refractivity contribution is -0.274. The number of hydrogen-bond donors (Lipinski definition) is 2. The van der Waals surface area contributed by atoms with Crippen molar-refractivity contribution in [1.82, 2.24) is 14.7 Å². The van der Waals surface area contributed by atoms with Crippen molar-refractivity contribution in [2.75, 3.05) is 54.4 Å². The first kappa shape index (κ1) is 31.9. The standard InChI is InChI=1S/C33H37F3N6O3S/c34-33(35,36)45-27-14-16-28(17-15-27)46(43,44)38-23-25-12-10-24(11-13-25)22-37-32-39-30-9-5-4-8-29(30)31(40-32)42-20-18-41(19-21-42)26-6-2-1-3-7-26/h1-9,14-17,24-25,38H,10-13,18-23H2,(H,37,39,40)/t24-,25-. The Labute approximate surface area is 266 Å². The third-order valence-electron chi connectivity index (χ3n) is 8.73. The third-order valence-corrected chi connectivity index (χ3v) is 10.2. The molecule has 9 nitrogen and oxygen atoms in total. The molecule has 1 saturated heterocycles. The highest BCUT2D eigenvalue weighted by molar-refractivity contribution is 7.89. The molecular formula is C33H37F3N6O3S. The van der Waals surface area contributed by atoms with Crippen LogP contribution >= 0.6 is 0 Å². The molecule has 2 heterocycles. The van der Waals surface area contributed by atoms with Crippen molar-refractivity contribution in [2.45, 2.75) is 36.9 Å². The fourth-order valence-electron chi connectivity index (χ4n) is 6.20. The van der Waals surface area contributed by atoms with Crippen LogP contribution in [-0.2, 0) is 10.0 Å². The maximum atomic E-state index is 12.7. The van der Waals surface area contributed by atoms with Crippen LogP contribution in [0.3, 0.4) is 0 Å². The van der Waals surface area contributed by atoms with Gasteiger partial charge in [0, 0.05) is 50.3 Å². The Bertz CT molecular complexity index is 1710. The number of rotatable bonds is 10. The van der Waals surface area contributed by atoms with Crippen LogP contribution in [0.15, 0.2) is 83.8 Å². The molecule has 2 N–H and O–H groups in total. The molecule has 46 heavy (non-hydrogen) atoms. The van der Waals surface area contributed by atoms with Crippen molar-refractivity contribution in [3.05, 3.63) is 78.9 Å². The molecular weight excluding hydrogens is 617 g/mol. The van der Waals surface area contributed by atoms with Gasteiger partial charge in [-0.25, -0.2) is 18.1 Å². The topological polar surface area (TPSA) is 99.7 Å². The zero-order valence-electron chi connectivity index (χ0n) is 25.3. The van der Waals surface area contributed by atoms with Crippen LogP contribution in [-0.4, -0.2) is 64.0 Å². The van der Waals surface area contributed by atoms with Crippen LogP contribution < -0.4 is 24.6 Å². The van der Waals surface area contributed by atoms with Gasteiger partial charge in [-0.05, 0) is 86.1 Å². The number of alkyl halides is 3. The summed E-state index contributed by atoms with van der Waals surface area (Å²) in [5, 5.41) is 4.52. The minimum atomic E-state index is -4.84. The van der Waals surface area contributed by atoms with E-state index < -0.39 is 22.1 Å². The van der Waals surface area contributed by atoms with Gasteiger partial charge in [-0.3, -0.25) is 0 Å². The Kier molecular flexibility index (Phi) is 9.50. The van der Waals surface area contributed by atoms with Crippen molar-refractivity contribution >= 4 is 38.4 Å². The zero-order valence-corrected chi connectivity index (χ0v) is 26.1. The molecule has 0 amide bonds. The van der Waals surface area contributed by atoms with Gasteiger partial charge in [-0.15, -0.1) is 13.2 Å². The normalized spacial score (nSPS) is 19.3. The predicted octanol–water partition coefficient (Wildman–Crippen LogP) is 6.05. The first-order valence-corrected chi connectivity index (χ1v) is 17.0. The van der Waals surface area contributed by atoms with Crippen molar-refractivity contribution in [2.24, 2.45) is 11.8 Å². The largest absolute Gasteiger partial charge is 0.573 e. The summed E-state index contributed by atoms with van der Waals surface area (Å²) in [6.45, 7) is 4.55. The molecule has 13 heteroatoms. The van der Waals surface area contributed by atoms with Crippen LogP contribution in [0.1, 0.15) is 25.7 Å². The van der Waals surface area contributed by atoms with Crippen molar-refractivity contribution in [1.29, 1.82) is 0 Å². The van der Waals surface area contributed by atoms with Gasteiger partial charge >= 0.3 is 6.36 Å². The number of ether oxygens (including phenoxy) is 1. The summed E-state index contributed by atoms with van der Waals surface area (Å²) in [6.07, 6.45) is -1.24. The second-order valence-electron chi connectivity index (χ2n) is 11.8. The lowest BCUT2D eigenvalue weighted by atomic mass is 9.82. The number of aromatic nitrogens is 2. The third kappa shape index (κ3) is 8.00. The Balaban J connectivity index is 1.00. The number of nitrogens with zero attached hydrogens (tertiary/aromatic N) is 4. The lowest BCUT2D eigenvalue weighted by Gasteiger charge is -2.37. The number of halogens is 3. The van der Waals surface area contributed by atoms with E-state index in [2.05, 4.69) is 54.9 Å². The molecule has 244 valence electrons. The molecule has 1 aliphatic carbocycles. The highest BCUT2D eigenvalue weighted by Crippen LogP contribution is 2.31. The first-order valence-electron chi connectivity index (χ1n) is 15.5. The lowest BCUT2D eigenvalue weighted by Crippen LogP contribution is -2.47. The van der Waals surface area contributed by atoms with E-state index in [9.17, 15) is 21.6 Å². The summed E-state index contributed by atoms with van der Waals surface area (Å²) in [6, 6.07) is 22.8. The molecule has 2 aliphatic rings. The second kappa shape index (κ2) is 13.7. The maximum absolute atomic E-state index is 12.7. The Morgan fingerprint density at radius 3 is 2.04 bits per heavy atom. The van der Waals surface area contributed by atoms with Crippen molar-refractivity contribution in [3.63, 3.8) is 0 Å². The van der Waals surface area contributed by atoms with E-state index in [0.29, 0.717) is 11.9 Å². The van der Waals surface area contributed by atoms with Gasteiger partial charge in [0.15, 0.2) is 0 Å².